The highest BCUT2D eigenvalue weighted by Crippen LogP contribution is 2.43. The zero-order valence-electron chi connectivity index (χ0n) is 16.2. The Labute approximate surface area is 164 Å². The van der Waals surface area contributed by atoms with E-state index in [1.54, 1.807) is 4.68 Å². The van der Waals surface area contributed by atoms with Crippen LogP contribution in [-0.2, 0) is 11.1 Å². The molecule has 0 radical (unpaired) electrons. The third-order valence-corrected chi connectivity index (χ3v) is 6.33. The molecule has 2 heterocycles. The first-order valence-electron chi connectivity index (χ1n) is 9.68. The van der Waals surface area contributed by atoms with Crippen LogP contribution in [0.25, 0.3) is 0 Å². The molecular formula is C20H27N5OS. The van der Waals surface area contributed by atoms with Crippen molar-refractivity contribution in [2.45, 2.75) is 70.4 Å². The molecule has 0 saturated heterocycles. The van der Waals surface area contributed by atoms with Gasteiger partial charge in [0.25, 0.3) is 5.91 Å². The maximum absolute atomic E-state index is 12.9. The SMILES string of the molecule is CCCC(CCC)C(C)(NC(=O)c1ccsc1)c1cn(C2(C#N)CC2)nn1. The summed E-state index contributed by atoms with van der Waals surface area (Å²) < 4.78 is 1.69. The number of hydrogen-bond acceptors (Lipinski definition) is 5. The summed E-state index contributed by atoms with van der Waals surface area (Å²) in [5.41, 5.74) is 0.226. The summed E-state index contributed by atoms with van der Waals surface area (Å²) in [7, 11) is 0. The van der Waals surface area contributed by atoms with E-state index in [4.69, 9.17) is 0 Å². The summed E-state index contributed by atoms with van der Waals surface area (Å²) in [5.74, 6) is 0.157. The summed E-state index contributed by atoms with van der Waals surface area (Å²) >= 11 is 1.51. The fourth-order valence-electron chi connectivity index (χ4n) is 3.72. The van der Waals surface area contributed by atoms with Gasteiger partial charge in [-0.1, -0.05) is 31.9 Å². The highest BCUT2D eigenvalue weighted by Gasteiger charge is 2.48. The number of carbonyl (C=O) groups excluding carboxylic acids is 1. The van der Waals surface area contributed by atoms with Crippen molar-refractivity contribution >= 4 is 17.2 Å². The maximum Gasteiger partial charge on any atom is 0.252 e. The second-order valence-electron chi connectivity index (χ2n) is 7.63. The Morgan fingerprint density at radius 3 is 2.67 bits per heavy atom. The minimum absolute atomic E-state index is 0.0908. The van der Waals surface area contributed by atoms with Crippen molar-refractivity contribution in [3.05, 3.63) is 34.3 Å². The zero-order chi connectivity index (χ0) is 19.5. The van der Waals surface area contributed by atoms with Crippen molar-refractivity contribution in [3.63, 3.8) is 0 Å². The van der Waals surface area contributed by atoms with Crippen molar-refractivity contribution in [1.82, 2.24) is 20.3 Å². The normalized spacial score (nSPS) is 17.3. The van der Waals surface area contributed by atoms with Crippen LogP contribution in [0.4, 0.5) is 0 Å². The molecule has 0 aliphatic heterocycles. The number of nitriles is 1. The molecule has 144 valence electrons. The van der Waals surface area contributed by atoms with Crippen molar-refractivity contribution < 1.29 is 4.79 Å². The van der Waals surface area contributed by atoms with Gasteiger partial charge in [0.1, 0.15) is 5.69 Å². The number of nitrogens with one attached hydrogen (secondary N) is 1. The smallest absolute Gasteiger partial charge is 0.252 e. The number of hydrogen-bond donors (Lipinski definition) is 1. The Bertz CT molecular complexity index is 812. The Kier molecular flexibility index (Phi) is 5.66. The molecular weight excluding hydrogens is 358 g/mol. The summed E-state index contributed by atoms with van der Waals surface area (Å²) in [6.45, 7) is 6.37. The largest absolute Gasteiger partial charge is 0.341 e. The van der Waals surface area contributed by atoms with E-state index in [2.05, 4.69) is 35.5 Å². The van der Waals surface area contributed by atoms with Crippen molar-refractivity contribution in [3.8, 4) is 6.07 Å². The second kappa shape index (κ2) is 7.81. The summed E-state index contributed by atoms with van der Waals surface area (Å²) in [6, 6.07) is 4.18. The van der Waals surface area contributed by atoms with Crippen LogP contribution in [0.5, 0.6) is 0 Å². The van der Waals surface area contributed by atoms with Gasteiger partial charge in [0.15, 0.2) is 5.54 Å². The van der Waals surface area contributed by atoms with Crippen LogP contribution < -0.4 is 5.32 Å². The summed E-state index contributed by atoms with van der Waals surface area (Å²) in [5, 5.41) is 25.1. The van der Waals surface area contributed by atoms with Gasteiger partial charge in [-0.25, -0.2) is 4.68 Å². The van der Waals surface area contributed by atoms with E-state index in [-0.39, 0.29) is 11.8 Å². The number of amides is 1. The summed E-state index contributed by atoms with van der Waals surface area (Å²) in [6.07, 6.45) is 7.52. The Morgan fingerprint density at radius 1 is 1.44 bits per heavy atom. The van der Waals surface area contributed by atoms with Gasteiger partial charge in [-0.3, -0.25) is 4.79 Å². The topological polar surface area (TPSA) is 83.6 Å². The lowest BCUT2D eigenvalue weighted by Gasteiger charge is -2.37. The minimum Gasteiger partial charge on any atom is -0.341 e. The summed E-state index contributed by atoms with van der Waals surface area (Å²) in [4.78, 5) is 12.9. The molecule has 6 nitrogen and oxygen atoms in total. The first-order valence-corrected chi connectivity index (χ1v) is 10.6. The molecule has 0 spiro atoms. The van der Waals surface area contributed by atoms with E-state index in [0.717, 1.165) is 44.2 Å². The van der Waals surface area contributed by atoms with Crippen LogP contribution in [0.1, 0.15) is 75.3 Å². The predicted octanol–water partition coefficient (Wildman–Crippen LogP) is 4.21. The van der Waals surface area contributed by atoms with Crippen LogP contribution in [0, 0.1) is 17.2 Å². The average Bonchev–Trinajstić information content (AvgIpc) is 3.06. The highest BCUT2D eigenvalue weighted by molar-refractivity contribution is 7.08. The fraction of sp³-hybridized carbons (Fsp3) is 0.600. The molecule has 0 aromatic carbocycles. The number of nitrogens with zero attached hydrogens (tertiary/aromatic N) is 4. The van der Waals surface area contributed by atoms with Gasteiger partial charge >= 0.3 is 0 Å². The zero-order valence-corrected chi connectivity index (χ0v) is 17.1. The van der Waals surface area contributed by atoms with E-state index in [0.29, 0.717) is 5.56 Å². The van der Waals surface area contributed by atoms with Crippen LogP contribution in [-0.4, -0.2) is 20.9 Å². The van der Waals surface area contributed by atoms with Gasteiger partial charge in [0, 0.05) is 5.38 Å². The lowest BCUT2D eigenvalue weighted by molar-refractivity contribution is 0.0845. The fourth-order valence-corrected chi connectivity index (χ4v) is 4.35. The number of rotatable bonds is 9. The lowest BCUT2D eigenvalue weighted by atomic mass is 9.77. The molecule has 1 aliphatic carbocycles. The van der Waals surface area contributed by atoms with Crippen molar-refractivity contribution in [1.29, 1.82) is 5.26 Å². The van der Waals surface area contributed by atoms with Crippen LogP contribution in [0.15, 0.2) is 23.0 Å². The van der Waals surface area contributed by atoms with Gasteiger partial charge in [0.2, 0.25) is 0 Å². The van der Waals surface area contributed by atoms with Crippen molar-refractivity contribution in [2.24, 2.45) is 5.92 Å². The molecule has 1 aliphatic rings. The van der Waals surface area contributed by atoms with E-state index in [1.807, 2.05) is 29.9 Å². The Morgan fingerprint density at radius 2 is 2.15 bits per heavy atom. The van der Waals surface area contributed by atoms with Gasteiger partial charge in [0.05, 0.1) is 23.4 Å². The third-order valence-electron chi connectivity index (χ3n) is 5.64. The minimum atomic E-state index is -0.630. The number of thiophene rings is 1. The molecule has 1 atom stereocenters. The molecule has 1 saturated carbocycles. The monoisotopic (exact) mass is 385 g/mol. The highest BCUT2D eigenvalue weighted by atomic mass is 32.1. The van der Waals surface area contributed by atoms with Gasteiger partial charge in [-0.15, -0.1) is 5.10 Å². The molecule has 27 heavy (non-hydrogen) atoms. The van der Waals surface area contributed by atoms with Crippen molar-refractivity contribution in [2.75, 3.05) is 0 Å². The van der Waals surface area contributed by atoms with Gasteiger partial charge in [-0.2, -0.15) is 16.6 Å². The molecule has 2 aromatic rings. The molecule has 0 bridgehead atoms. The van der Waals surface area contributed by atoms with Crippen LogP contribution in [0.3, 0.4) is 0 Å². The first kappa shape index (κ1) is 19.6. The standard InChI is InChI=1S/C20H27N5OS/c1-4-6-16(7-5-2)19(3,22-18(26)15-8-11-27-13-15)17-12-25(24-23-17)20(14-21)9-10-20/h8,11-13,16H,4-7,9-10H2,1-3H3,(H,22,26). The van der Waals surface area contributed by atoms with E-state index < -0.39 is 11.1 Å². The predicted molar refractivity (Wildman–Crippen MR) is 105 cm³/mol. The quantitative estimate of drug-likeness (QED) is 0.701. The first-order chi connectivity index (χ1) is 13.0. The van der Waals surface area contributed by atoms with Gasteiger partial charge in [-0.05, 0) is 50.0 Å². The molecule has 2 aromatic heterocycles. The van der Waals surface area contributed by atoms with Gasteiger partial charge < -0.3 is 5.32 Å². The van der Waals surface area contributed by atoms with E-state index >= 15 is 0 Å². The Balaban J connectivity index is 1.96. The molecule has 1 fully saturated rings. The number of carbonyl (C=O) groups is 1. The van der Waals surface area contributed by atoms with E-state index in [1.165, 1.54) is 11.3 Å². The third kappa shape index (κ3) is 3.77. The average molecular weight is 386 g/mol. The van der Waals surface area contributed by atoms with E-state index in [9.17, 15) is 10.1 Å². The Hall–Kier alpha value is -2.20. The molecule has 3 rings (SSSR count). The maximum atomic E-state index is 12.9. The number of aromatic nitrogens is 3. The van der Waals surface area contributed by atoms with Crippen LogP contribution in [0.2, 0.25) is 0 Å². The molecule has 1 unspecified atom stereocenters. The molecule has 7 heteroatoms. The molecule has 1 N–H and O–H groups in total. The second-order valence-corrected chi connectivity index (χ2v) is 8.41. The lowest BCUT2D eigenvalue weighted by Crippen LogP contribution is -2.49. The van der Waals surface area contributed by atoms with Crippen LogP contribution >= 0.6 is 11.3 Å². The molecule has 1 amide bonds.